The Morgan fingerprint density at radius 1 is 1.11 bits per heavy atom. The van der Waals surface area contributed by atoms with E-state index in [0.29, 0.717) is 33.6 Å². The maximum Gasteiger partial charge on any atom is 0.252 e. The number of benzene rings is 2. The number of halogens is 2. The highest BCUT2D eigenvalue weighted by atomic mass is 35.5. The van der Waals surface area contributed by atoms with Gasteiger partial charge < -0.3 is 10.6 Å². The second kappa shape index (κ2) is 9.17. The van der Waals surface area contributed by atoms with Gasteiger partial charge in [0.1, 0.15) is 22.0 Å². The predicted molar refractivity (Wildman–Crippen MR) is 139 cm³/mol. The predicted octanol–water partition coefficient (Wildman–Crippen LogP) is 3.78. The van der Waals surface area contributed by atoms with E-state index in [4.69, 9.17) is 11.6 Å². The molecule has 2 aromatic heterocycles. The van der Waals surface area contributed by atoms with Crippen molar-refractivity contribution in [3.05, 3.63) is 82.5 Å². The van der Waals surface area contributed by atoms with Crippen LogP contribution in [0, 0.1) is 11.7 Å². The number of carbonyl (C=O) groups excluding carboxylic acids is 2. The second-order valence-electron chi connectivity index (χ2n) is 9.45. The van der Waals surface area contributed by atoms with Crippen molar-refractivity contribution >= 4 is 44.6 Å². The van der Waals surface area contributed by atoms with Gasteiger partial charge in [-0.3, -0.25) is 9.59 Å². The molecule has 4 aromatic rings. The lowest BCUT2D eigenvalue weighted by Crippen LogP contribution is -2.32. The first-order valence-corrected chi connectivity index (χ1v) is 14.1. The van der Waals surface area contributed by atoms with Crippen molar-refractivity contribution in [3.8, 4) is 11.1 Å². The van der Waals surface area contributed by atoms with E-state index in [1.165, 1.54) is 24.5 Å². The van der Waals surface area contributed by atoms with Gasteiger partial charge in [0, 0.05) is 45.1 Å². The van der Waals surface area contributed by atoms with Crippen LogP contribution < -0.4 is 10.6 Å². The minimum absolute atomic E-state index is 0.0529. The summed E-state index contributed by atoms with van der Waals surface area (Å²) in [5.41, 5.74) is 3.51. The van der Waals surface area contributed by atoms with Crippen LogP contribution in [0.4, 0.5) is 10.1 Å². The molecule has 2 N–H and O–H groups in total. The molecule has 1 unspecified atom stereocenters. The molecular formula is C26H21ClFN5O4S. The molecule has 0 bridgehead atoms. The van der Waals surface area contributed by atoms with E-state index in [-0.39, 0.29) is 35.3 Å². The van der Waals surface area contributed by atoms with Gasteiger partial charge in [0.05, 0.1) is 17.5 Å². The van der Waals surface area contributed by atoms with E-state index < -0.39 is 33.5 Å². The summed E-state index contributed by atoms with van der Waals surface area (Å²) < 4.78 is 39.5. The number of aromatic nitrogens is 3. The molecule has 1 fully saturated rings. The number of carbonyl (C=O) groups is 2. The minimum atomic E-state index is -3.15. The molecular weight excluding hydrogens is 533 g/mol. The lowest BCUT2D eigenvalue weighted by molar-refractivity contribution is -0.120. The minimum Gasteiger partial charge on any atom is -0.341 e. The van der Waals surface area contributed by atoms with Crippen molar-refractivity contribution in [1.82, 2.24) is 19.9 Å². The maximum atomic E-state index is 14.2. The first kappa shape index (κ1) is 24.5. The van der Waals surface area contributed by atoms with Crippen LogP contribution in [-0.2, 0) is 14.6 Å². The van der Waals surface area contributed by atoms with Crippen LogP contribution in [-0.4, -0.2) is 46.3 Å². The Labute approximate surface area is 221 Å². The zero-order valence-corrected chi connectivity index (χ0v) is 21.4. The number of amides is 2. The number of nitrogens with one attached hydrogen (secondary N) is 2. The summed E-state index contributed by atoms with van der Waals surface area (Å²) in [4.78, 5) is 30.6. The third-order valence-electron chi connectivity index (χ3n) is 7.05. The topological polar surface area (TPSA) is 123 Å². The summed E-state index contributed by atoms with van der Waals surface area (Å²) in [7, 11) is -3.15. The van der Waals surface area contributed by atoms with Crippen molar-refractivity contribution in [2.75, 3.05) is 16.8 Å². The number of fused-ring (bicyclic) bond motifs is 2. The molecule has 194 valence electrons. The average molecular weight is 554 g/mol. The summed E-state index contributed by atoms with van der Waals surface area (Å²) in [6.45, 7) is 0. The molecule has 6 rings (SSSR count). The molecule has 9 nitrogen and oxygen atoms in total. The third kappa shape index (κ3) is 4.41. The molecule has 2 aliphatic rings. The van der Waals surface area contributed by atoms with Crippen LogP contribution in [0.1, 0.15) is 40.4 Å². The van der Waals surface area contributed by atoms with Crippen LogP contribution in [0.15, 0.2) is 55.0 Å². The number of hydrogen-bond donors (Lipinski definition) is 2. The fraction of sp³-hybridized carbons (Fsp3) is 0.231. The fourth-order valence-corrected chi connectivity index (χ4v) is 6.77. The van der Waals surface area contributed by atoms with Gasteiger partial charge in [-0.05, 0) is 60.9 Å². The van der Waals surface area contributed by atoms with Crippen LogP contribution in [0.2, 0.25) is 5.02 Å². The monoisotopic (exact) mass is 553 g/mol. The highest BCUT2D eigenvalue weighted by Gasteiger charge is 2.36. The quantitative estimate of drug-likeness (QED) is 0.396. The molecule has 4 heterocycles. The van der Waals surface area contributed by atoms with Gasteiger partial charge in [0.15, 0.2) is 5.65 Å². The number of hydrogen-bond acceptors (Lipinski definition) is 6. The van der Waals surface area contributed by atoms with Crippen LogP contribution in [0.5, 0.6) is 0 Å². The van der Waals surface area contributed by atoms with Crippen molar-refractivity contribution in [2.45, 2.75) is 18.9 Å². The van der Waals surface area contributed by atoms with E-state index >= 15 is 0 Å². The molecule has 0 saturated carbocycles. The normalized spacial score (nSPS) is 18.8. The molecule has 12 heteroatoms. The van der Waals surface area contributed by atoms with E-state index in [0.717, 1.165) is 5.56 Å². The summed E-state index contributed by atoms with van der Waals surface area (Å²) in [6, 6.07) is 10.2. The van der Waals surface area contributed by atoms with Gasteiger partial charge >= 0.3 is 0 Å². The molecule has 0 radical (unpaired) electrons. The van der Waals surface area contributed by atoms with Gasteiger partial charge in [0.2, 0.25) is 5.91 Å². The van der Waals surface area contributed by atoms with Crippen molar-refractivity contribution < 1.29 is 22.4 Å². The van der Waals surface area contributed by atoms with E-state index in [1.807, 2.05) is 6.07 Å². The van der Waals surface area contributed by atoms with Crippen LogP contribution in [0.3, 0.4) is 0 Å². The van der Waals surface area contributed by atoms with Gasteiger partial charge in [0.25, 0.3) is 5.91 Å². The fourth-order valence-electron chi connectivity index (χ4n) is 5.05. The molecule has 1 saturated heterocycles. The van der Waals surface area contributed by atoms with Gasteiger partial charge in [-0.2, -0.15) is 5.10 Å². The Morgan fingerprint density at radius 3 is 2.68 bits per heavy atom. The molecule has 0 spiro atoms. The molecule has 2 amide bonds. The molecule has 1 atom stereocenters. The average Bonchev–Trinajstić information content (AvgIpc) is 3.49. The number of nitrogens with zero attached hydrogens (tertiary/aromatic N) is 3. The Balaban J connectivity index is 1.46. The Morgan fingerprint density at radius 2 is 1.89 bits per heavy atom. The molecule has 2 aromatic carbocycles. The summed E-state index contributed by atoms with van der Waals surface area (Å²) in [6.07, 6.45) is 3.62. The zero-order valence-electron chi connectivity index (χ0n) is 19.8. The summed E-state index contributed by atoms with van der Waals surface area (Å²) >= 11 is 6.39. The number of rotatable bonds is 4. The number of pyridine rings is 1. The van der Waals surface area contributed by atoms with Crippen molar-refractivity contribution in [3.63, 3.8) is 0 Å². The van der Waals surface area contributed by atoms with Crippen molar-refractivity contribution in [1.29, 1.82) is 0 Å². The number of anilines is 1. The van der Waals surface area contributed by atoms with Gasteiger partial charge in [-0.15, -0.1) is 0 Å². The van der Waals surface area contributed by atoms with E-state index in [9.17, 15) is 22.4 Å². The lowest BCUT2D eigenvalue weighted by atomic mass is 9.92. The zero-order chi connectivity index (χ0) is 26.6. The smallest absolute Gasteiger partial charge is 0.252 e. The standard InChI is InChI=1S/C26H21ClFN5O4S/c27-20-3-2-17(28)11-18(20)24-23-19(26(35)32-24)9-16(15-1-4-22-29-13-30-33(22)12-15)10-21(23)31-25(34)14-5-7-38(36,37)8-6-14/h1-4,9-14,24H,5-8H2,(H,31,34)(H,32,35). The van der Waals surface area contributed by atoms with Crippen molar-refractivity contribution in [2.24, 2.45) is 5.92 Å². The SMILES string of the molecule is O=C1NC(c2cc(F)ccc2Cl)c2c(NC(=O)C3CCS(=O)(=O)CC3)cc(-c3ccc4ncnn4c3)cc21. The maximum absolute atomic E-state index is 14.2. The number of sulfone groups is 1. The second-order valence-corrected chi connectivity index (χ2v) is 12.2. The molecule has 0 aliphatic carbocycles. The first-order valence-electron chi connectivity index (χ1n) is 11.9. The first-order chi connectivity index (χ1) is 18.2. The lowest BCUT2D eigenvalue weighted by Gasteiger charge is -2.23. The van der Waals surface area contributed by atoms with Gasteiger partial charge in [-0.25, -0.2) is 22.3 Å². The van der Waals surface area contributed by atoms with Crippen LogP contribution >= 0.6 is 11.6 Å². The Kier molecular flexibility index (Phi) is 5.92. The third-order valence-corrected chi connectivity index (χ3v) is 9.11. The van der Waals surface area contributed by atoms with E-state index in [1.54, 1.807) is 28.9 Å². The molecule has 38 heavy (non-hydrogen) atoms. The Bertz CT molecular complexity index is 1720. The van der Waals surface area contributed by atoms with Crippen LogP contribution in [0.25, 0.3) is 16.8 Å². The van der Waals surface area contributed by atoms with Gasteiger partial charge in [-0.1, -0.05) is 11.6 Å². The summed E-state index contributed by atoms with van der Waals surface area (Å²) in [5, 5.41) is 10.2. The molecule has 2 aliphatic heterocycles. The Hall–Kier alpha value is -3.83. The highest BCUT2D eigenvalue weighted by Crippen LogP contribution is 2.42. The van der Waals surface area contributed by atoms with E-state index in [2.05, 4.69) is 20.7 Å². The summed E-state index contributed by atoms with van der Waals surface area (Å²) in [5.74, 6) is -1.85. The highest BCUT2D eigenvalue weighted by molar-refractivity contribution is 7.91. The largest absolute Gasteiger partial charge is 0.341 e.